The summed E-state index contributed by atoms with van der Waals surface area (Å²) in [6.07, 6.45) is -1.27. The van der Waals surface area contributed by atoms with Crippen molar-refractivity contribution in [3.05, 3.63) is 59.2 Å². The third-order valence-corrected chi connectivity index (χ3v) is 5.17. The summed E-state index contributed by atoms with van der Waals surface area (Å²) in [4.78, 5) is 38.7. The molecule has 0 spiro atoms. The van der Waals surface area contributed by atoms with Gasteiger partial charge in [0.1, 0.15) is 11.6 Å². The minimum atomic E-state index is -1.25. The molecule has 0 aliphatic carbocycles. The van der Waals surface area contributed by atoms with Crippen LogP contribution in [0.15, 0.2) is 36.4 Å². The Morgan fingerprint density at radius 2 is 1.93 bits per heavy atom. The third kappa shape index (κ3) is 4.48. The zero-order valence-electron chi connectivity index (χ0n) is 16.9. The Morgan fingerprint density at radius 1 is 1.20 bits per heavy atom. The Hall–Kier alpha value is -3.29. The van der Waals surface area contributed by atoms with Crippen LogP contribution in [0.4, 0.5) is 20.2 Å². The van der Waals surface area contributed by atoms with Crippen molar-refractivity contribution in [2.24, 2.45) is 5.92 Å². The fourth-order valence-corrected chi connectivity index (χ4v) is 3.28. The molecule has 6 nitrogen and oxygen atoms in total. The molecule has 8 heteroatoms. The van der Waals surface area contributed by atoms with Gasteiger partial charge in [0.25, 0.3) is 5.91 Å². The monoisotopic (exact) mass is 416 g/mol. The van der Waals surface area contributed by atoms with E-state index in [0.29, 0.717) is 0 Å². The number of carbonyl (C=O) groups is 3. The van der Waals surface area contributed by atoms with E-state index >= 15 is 0 Å². The summed E-state index contributed by atoms with van der Waals surface area (Å²) in [6.45, 7) is 5.31. The molecule has 2 aromatic rings. The maximum Gasteiger partial charge on any atom is 0.312 e. The maximum atomic E-state index is 13.7. The number of esters is 1. The third-order valence-electron chi connectivity index (χ3n) is 5.17. The van der Waals surface area contributed by atoms with Crippen LogP contribution in [-0.2, 0) is 19.1 Å². The molecule has 1 saturated heterocycles. The number of hydrogen-bond donors (Lipinski definition) is 1. The summed E-state index contributed by atoms with van der Waals surface area (Å²) in [5.74, 6) is -3.95. The second-order valence-electron chi connectivity index (χ2n) is 7.32. The molecular weight excluding hydrogens is 394 g/mol. The fraction of sp³-hybridized carbons (Fsp3) is 0.318. The Bertz CT molecular complexity index is 1010. The minimum Gasteiger partial charge on any atom is -0.452 e. The van der Waals surface area contributed by atoms with E-state index in [2.05, 4.69) is 5.32 Å². The molecule has 2 atom stereocenters. The topological polar surface area (TPSA) is 75.7 Å². The van der Waals surface area contributed by atoms with E-state index in [-0.39, 0.29) is 24.6 Å². The predicted octanol–water partition coefficient (Wildman–Crippen LogP) is 3.50. The van der Waals surface area contributed by atoms with Crippen molar-refractivity contribution in [3.63, 3.8) is 0 Å². The van der Waals surface area contributed by atoms with Gasteiger partial charge in [-0.1, -0.05) is 12.1 Å². The molecule has 2 amide bonds. The average Bonchev–Trinajstić information content (AvgIpc) is 3.08. The highest BCUT2D eigenvalue weighted by atomic mass is 19.1. The Morgan fingerprint density at radius 3 is 2.67 bits per heavy atom. The van der Waals surface area contributed by atoms with Crippen LogP contribution < -0.4 is 10.2 Å². The molecule has 0 unspecified atom stereocenters. The molecule has 1 N–H and O–H groups in total. The van der Waals surface area contributed by atoms with E-state index in [1.165, 1.54) is 6.92 Å². The quantitative estimate of drug-likeness (QED) is 0.757. The molecule has 0 aromatic heterocycles. The molecule has 1 aliphatic rings. The van der Waals surface area contributed by atoms with Crippen molar-refractivity contribution in [3.8, 4) is 0 Å². The van der Waals surface area contributed by atoms with Gasteiger partial charge in [0, 0.05) is 24.7 Å². The Balaban J connectivity index is 1.63. The average molecular weight is 416 g/mol. The summed E-state index contributed by atoms with van der Waals surface area (Å²) < 4.78 is 32.1. The van der Waals surface area contributed by atoms with Gasteiger partial charge in [-0.2, -0.15) is 0 Å². The Kier molecular flexibility index (Phi) is 6.14. The molecule has 3 rings (SSSR count). The molecule has 1 heterocycles. The predicted molar refractivity (Wildman–Crippen MR) is 107 cm³/mol. The van der Waals surface area contributed by atoms with Crippen molar-refractivity contribution in [1.82, 2.24) is 0 Å². The normalized spacial score (nSPS) is 17.0. The standard InChI is InChI=1S/C22H22F2N2O4/c1-12-5-4-6-19(13(12)2)26-11-15(9-20(26)27)22(29)30-14(3)21(28)25-18-10-16(23)7-8-17(18)24/h4-8,10,14-15H,9,11H2,1-3H3,(H,25,28)/t14-,15-/m1/s1. The number of nitrogens with one attached hydrogen (secondary N) is 1. The molecule has 1 aliphatic heterocycles. The summed E-state index contributed by atoms with van der Waals surface area (Å²) in [6, 6.07) is 8.24. The molecule has 0 radical (unpaired) electrons. The second kappa shape index (κ2) is 8.61. The zero-order chi connectivity index (χ0) is 22.0. The molecule has 0 bridgehead atoms. The van der Waals surface area contributed by atoms with Crippen molar-refractivity contribution >= 4 is 29.2 Å². The molecular formula is C22H22F2N2O4. The van der Waals surface area contributed by atoms with Gasteiger partial charge in [-0.25, -0.2) is 8.78 Å². The number of benzene rings is 2. The van der Waals surface area contributed by atoms with Crippen LogP contribution in [0, 0.1) is 31.4 Å². The summed E-state index contributed by atoms with van der Waals surface area (Å²) in [5.41, 5.74) is 2.37. The summed E-state index contributed by atoms with van der Waals surface area (Å²) in [5, 5.41) is 2.20. The number of rotatable bonds is 5. The molecule has 30 heavy (non-hydrogen) atoms. The smallest absolute Gasteiger partial charge is 0.312 e. The van der Waals surface area contributed by atoms with Gasteiger partial charge >= 0.3 is 5.97 Å². The van der Waals surface area contributed by atoms with Crippen LogP contribution in [0.5, 0.6) is 0 Å². The van der Waals surface area contributed by atoms with Crippen LogP contribution >= 0.6 is 0 Å². The highest BCUT2D eigenvalue weighted by Crippen LogP contribution is 2.30. The van der Waals surface area contributed by atoms with E-state index < -0.39 is 35.5 Å². The molecule has 158 valence electrons. The van der Waals surface area contributed by atoms with Crippen molar-refractivity contribution in [2.75, 3.05) is 16.8 Å². The van der Waals surface area contributed by atoms with E-state index in [9.17, 15) is 23.2 Å². The SMILES string of the molecule is Cc1cccc(N2C[C@H](C(=O)O[C@H](C)C(=O)Nc3cc(F)ccc3F)CC2=O)c1C. The van der Waals surface area contributed by atoms with Gasteiger partial charge in [0.2, 0.25) is 5.91 Å². The number of anilines is 2. The largest absolute Gasteiger partial charge is 0.452 e. The van der Waals surface area contributed by atoms with E-state index in [4.69, 9.17) is 4.74 Å². The number of nitrogens with zero attached hydrogens (tertiary/aromatic N) is 1. The number of aryl methyl sites for hydroxylation is 1. The van der Waals surface area contributed by atoms with Gasteiger partial charge in [0.05, 0.1) is 11.6 Å². The van der Waals surface area contributed by atoms with Crippen molar-refractivity contribution in [1.29, 1.82) is 0 Å². The first kappa shape index (κ1) is 21.4. The van der Waals surface area contributed by atoms with Crippen LogP contribution in [0.3, 0.4) is 0 Å². The van der Waals surface area contributed by atoms with Gasteiger partial charge in [0.15, 0.2) is 6.10 Å². The highest BCUT2D eigenvalue weighted by Gasteiger charge is 2.38. The number of halogens is 2. The van der Waals surface area contributed by atoms with Gasteiger partial charge in [-0.05, 0) is 50.1 Å². The van der Waals surface area contributed by atoms with E-state index in [0.717, 1.165) is 35.0 Å². The molecule has 2 aromatic carbocycles. The van der Waals surface area contributed by atoms with Crippen LogP contribution in [-0.4, -0.2) is 30.4 Å². The first-order valence-corrected chi connectivity index (χ1v) is 9.50. The number of amides is 2. The van der Waals surface area contributed by atoms with Crippen LogP contribution in [0.1, 0.15) is 24.5 Å². The lowest BCUT2D eigenvalue weighted by atomic mass is 10.1. The first-order valence-electron chi connectivity index (χ1n) is 9.50. The maximum absolute atomic E-state index is 13.7. The lowest BCUT2D eigenvalue weighted by molar-refractivity contribution is -0.157. The van der Waals surface area contributed by atoms with Gasteiger partial charge in [-0.3, -0.25) is 14.4 Å². The van der Waals surface area contributed by atoms with Crippen LogP contribution in [0.25, 0.3) is 0 Å². The molecule has 0 saturated carbocycles. The second-order valence-corrected chi connectivity index (χ2v) is 7.32. The minimum absolute atomic E-state index is 0.0287. The lowest BCUT2D eigenvalue weighted by Crippen LogP contribution is -2.33. The fourth-order valence-electron chi connectivity index (χ4n) is 3.28. The van der Waals surface area contributed by atoms with Crippen molar-refractivity contribution in [2.45, 2.75) is 33.3 Å². The Labute approximate surface area is 172 Å². The summed E-state index contributed by atoms with van der Waals surface area (Å²) in [7, 11) is 0. The van der Waals surface area contributed by atoms with Gasteiger partial charge < -0.3 is 15.0 Å². The van der Waals surface area contributed by atoms with E-state index in [1.807, 2.05) is 32.0 Å². The first-order chi connectivity index (χ1) is 14.2. The lowest BCUT2D eigenvalue weighted by Gasteiger charge is -2.20. The number of carbonyl (C=O) groups excluding carboxylic acids is 3. The van der Waals surface area contributed by atoms with Crippen molar-refractivity contribution < 1.29 is 27.9 Å². The highest BCUT2D eigenvalue weighted by molar-refractivity contribution is 6.01. The van der Waals surface area contributed by atoms with Crippen LogP contribution in [0.2, 0.25) is 0 Å². The van der Waals surface area contributed by atoms with Gasteiger partial charge in [-0.15, -0.1) is 0 Å². The number of ether oxygens (including phenoxy) is 1. The summed E-state index contributed by atoms with van der Waals surface area (Å²) >= 11 is 0. The number of hydrogen-bond acceptors (Lipinski definition) is 4. The molecule has 1 fully saturated rings. The zero-order valence-corrected chi connectivity index (χ0v) is 16.9. The van der Waals surface area contributed by atoms with E-state index in [1.54, 1.807) is 4.90 Å².